The minimum absolute atomic E-state index is 0.141. The summed E-state index contributed by atoms with van der Waals surface area (Å²) in [5, 5.41) is 7.28. The van der Waals surface area contributed by atoms with Crippen molar-refractivity contribution in [2.75, 3.05) is 19.6 Å². The highest BCUT2D eigenvalue weighted by Crippen LogP contribution is 2.19. The number of benzene rings is 2. The maximum atomic E-state index is 13.0. The molecular weight excluding hydrogens is 544 g/mol. The molecule has 1 saturated heterocycles. The summed E-state index contributed by atoms with van der Waals surface area (Å²) in [6.45, 7) is 3.49. The van der Waals surface area contributed by atoms with E-state index in [1.807, 2.05) is 47.4 Å². The van der Waals surface area contributed by atoms with Crippen LogP contribution < -0.4 is 10.7 Å². The Labute approximate surface area is 234 Å². The molecule has 0 saturated carbocycles. The van der Waals surface area contributed by atoms with Crippen LogP contribution in [0.2, 0.25) is 0 Å². The molecular formula is C30H39BrN4O3. The Kier molecular flexibility index (Phi) is 12.5. The van der Waals surface area contributed by atoms with Crippen LogP contribution in [0.3, 0.4) is 0 Å². The molecule has 1 fully saturated rings. The van der Waals surface area contributed by atoms with Crippen LogP contribution >= 0.6 is 15.9 Å². The van der Waals surface area contributed by atoms with Crippen LogP contribution in [0.25, 0.3) is 0 Å². The fourth-order valence-electron chi connectivity index (χ4n) is 4.55. The van der Waals surface area contributed by atoms with E-state index < -0.39 is 0 Å². The molecule has 3 rings (SSSR count). The van der Waals surface area contributed by atoms with Crippen molar-refractivity contribution >= 4 is 39.4 Å². The highest BCUT2D eigenvalue weighted by Gasteiger charge is 2.28. The van der Waals surface area contributed by atoms with Gasteiger partial charge in [0, 0.05) is 29.5 Å². The van der Waals surface area contributed by atoms with Crippen molar-refractivity contribution in [1.82, 2.24) is 15.6 Å². The van der Waals surface area contributed by atoms with Gasteiger partial charge >= 0.3 is 0 Å². The number of rotatable bonds is 13. The number of carbonyl (C=O) groups excluding carboxylic acids is 3. The van der Waals surface area contributed by atoms with E-state index in [9.17, 15) is 14.4 Å². The number of likely N-dealkylation sites (tertiary alicyclic amines) is 1. The van der Waals surface area contributed by atoms with Gasteiger partial charge in [-0.3, -0.25) is 14.4 Å². The average Bonchev–Trinajstić information content (AvgIpc) is 2.95. The molecule has 1 atom stereocenters. The topological polar surface area (TPSA) is 90.9 Å². The van der Waals surface area contributed by atoms with Gasteiger partial charge in [0.1, 0.15) is 0 Å². The van der Waals surface area contributed by atoms with Crippen molar-refractivity contribution in [2.45, 2.75) is 64.7 Å². The van der Waals surface area contributed by atoms with Crippen LogP contribution in [0.5, 0.6) is 0 Å². The third-order valence-corrected chi connectivity index (χ3v) is 7.35. The number of amides is 3. The summed E-state index contributed by atoms with van der Waals surface area (Å²) in [6, 6.07) is 16.6. The highest BCUT2D eigenvalue weighted by atomic mass is 79.9. The molecule has 7 nitrogen and oxygen atoms in total. The first-order valence-corrected chi connectivity index (χ1v) is 14.5. The standard InChI is InChI=1S/C30H39BrN4O3/c1-2-3-4-5-6-10-15-28(36)35-20-11-14-25(22-35)30(38)34-33-27(23-12-8-7-9-13-23)21-32-29(37)24-16-18-26(31)19-17-24/h7-9,12-13,16-19,25H,2-6,10-11,14-15,20-22H2,1H3,(H,32,37)(H,34,38). The molecule has 204 valence electrons. The lowest BCUT2D eigenvalue weighted by atomic mass is 9.97. The molecule has 1 aliphatic rings. The molecule has 2 N–H and O–H groups in total. The molecule has 0 aromatic heterocycles. The number of hydrazone groups is 1. The number of nitrogens with one attached hydrogen (secondary N) is 2. The van der Waals surface area contributed by atoms with Crippen LogP contribution in [-0.2, 0) is 9.59 Å². The molecule has 2 aromatic carbocycles. The predicted molar refractivity (Wildman–Crippen MR) is 155 cm³/mol. The van der Waals surface area contributed by atoms with Gasteiger partial charge in [-0.15, -0.1) is 0 Å². The van der Waals surface area contributed by atoms with Crippen LogP contribution in [0, 0.1) is 5.92 Å². The van der Waals surface area contributed by atoms with Crippen LogP contribution in [-0.4, -0.2) is 48.0 Å². The zero-order valence-electron chi connectivity index (χ0n) is 22.3. The van der Waals surface area contributed by atoms with E-state index in [1.54, 1.807) is 12.1 Å². The summed E-state index contributed by atoms with van der Waals surface area (Å²) in [4.78, 5) is 40.2. The van der Waals surface area contributed by atoms with Gasteiger partial charge in [-0.2, -0.15) is 5.10 Å². The van der Waals surface area contributed by atoms with E-state index in [0.29, 0.717) is 30.8 Å². The molecule has 38 heavy (non-hydrogen) atoms. The Bertz CT molecular complexity index is 1070. The molecule has 1 unspecified atom stereocenters. The number of hydrogen-bond donors (Lipinski definition) is 2. The van der Waals surface area contributed by atoms with Gasteiger partial charge in [-0.25, -0.2) is 5.43 Å². The number of carbonyl (C=O) groups is 3. The summed E-state index contributed by atoms with van der Waals surface area (Å²) in [7, 11) is 0. The summed E-state index contributed by atoms with van der Waals surface area (Å²) < 4.78 is 0.897. The van der Waals surface area contributed by atoms with Gasteiger partial charge < -0.3 is 10.2 Å². The Balaban J connectivity index is 1.55. The van der Waals surface area contributed by atoms with Crippen molar-refractivity contribution in [3.05, 3.63) is 70.2 Å². The van der Waals surface area contributed by atoms with Gasteiger partial charge in [-0.05, 0) is 49.1 Å². The first kappa shape index (κ1) is 29.6. The van der Waals surface area contributed by atoms with E-state index in [2.05, 4.69) is 38.7 Å². The lowest BCUT2D eigenvalue weighted by Gasteiger charge is -2.31. The first-order valence-electron chi connectivity index (χ1n) is 13.7. The summed E-state index contributed by atoms with van der Waals surface area (Å²) in [6.07, 6.45) is 8.95. The SMILES string of the molecule is CCCCCCCCC(=O)N1CCCC(C(=O)NN=C(CNC(=O)c2ccc(Br)cc2)c2ccccc2)C1. The summed E-state index contributed by atoms with van der Waals surface area (Å²) in [5.74, 6) is -0.577. The van der Waals surface area contributed by atoms with Crippen molar-refractivity contribution in [1.29, 1.82) is 0 Å². The second kappa shape index (κ2) is 16.1. The highest BCUT2D eigenvalue weighted by molar-refractivity contribution is 9.10. The van der Waals surface area contributed by atoms with Crippen LogP contribution in [0.1, 0.15) is 80.6 Å². The van der Waals surface area contributed by atoms with E-state index in [0.717, 1.165) is 35.7 Å². The Morgan fingerprint density at radius 2 is 1.66 bits per heavy atom. The number of nitrogens with zero attached hydrogens (tertiary/aromatic N) is 2. The third-order valence-electron chi connectivity index (χ3n) is 6.82. The summed E-state index contributed by atoms with van der Waals surface area (Å²) in [5.41, 5.74) is 4.61. The van der Waals surface area contributed by atoms with Gasteiger partial charge in [0.05, 0.1) is 18.2 Å². The van der Waals surface area contributed by atoms with E-state index >= 15 is 0 Å². The lowest BCUT2D eigenvalue weighted by Crippen LogP contribution is -2.45. The zero-order chi connectivity index (χ0) is 27.2. The third kappa shape index (κ3) is 9.71. The van der Waals surface area contributed by atoms with Crippen LogP contribution in [0.15, 0.2) is 64.2 Å². The van der Waals surface area contributed by atoms with Crippen molar-refractivity contribution < 1.29 is 14.4 Å². The van der Waals surface area contributed by atoms with Crippen molar-refractivity contribution in [3.8, 4) is 0 Å². The van der Waals surface area contributed by atoms with Crippen molar-refractivity contribution in [2.24, 2.45) is 11.0 Å². The fourth-order valence-corrected chi connectivity index (χ4v) is 4.81. The number of piperidine rings is 1. The first-order chi connectivity index (χ1) is 18.5. The second-order valence-corrected chi connectivity index (χ2v) is 10.7. The molecule has 1 heterocycles. The van der Waals surface area contributed by atoms with Crippen molar-refractivity contribution in [3.63, 3.8) is 0 Å². The largest absolute Gasteiger partial charge is 0.346 e. The average molecular weight is 584 g/mol. The molecule has 3 amide bonds. The predicted octanol–water partition coefficient (Wildman–Crippen LogP) is 5.69. The monoisotopic (exact) mass is 582 g/mol. The second-order valence-electron chi connectivity index (χ2n) is 9.79. The minimum Gasteiger partial charge on any atom is -0.346 e. The quantitative estimate of drug-likeness (QED) is 0.180. The molecule has 0 radical (unpaired) electrons. The van der Waals surface area contributed by atoms with Gasteiger partial charge in [-0.1, -0.05) is 85.3 Å². The maximum Gasteiger partial charge on any atom is 0.251 e. The molecule has 0 spiro atoms. The smallest absolute Gasteiger partial charge is 0.251 e. The zero-order valence-corrected chi connectivity index (χ0v) is 23.8. The molecule has 2 aromatic rings. The number of hydrogen-bond acceptors (Lipinski definition) is 4. The summed E-state index contributed by atoms with van der Waals surface area (Å²) >= 11 is 3.37. The minimum atomic E-state index is -0.296. The van der Waals surface area contributed by atoms with Crippen LogP contribution in [0.4, 0.5) is 0 Å². The number of unbranched alkanes of at least 4 members (excludes halogenated alkanes) is 5. The Morgan fingerprint density at radius 3 is 2.39 bits per heavy atom. The number of halogens is 1. The van der Waals surface area contributed by atoms with Gasteiger partial charge in [0.2, 0.25) is 11.8 Å². The molecule has 0 aliphatic carbocycles. The molecule has 1 aliphatic heterocycles. The van der Waals surface area contributed by atoms with Gasteiger partial charge in [0.15, 0.2) is 0 Å². The van der Waals surface area contributed by atoms with Gasteiger partial charge in [0.25, 0.3) is 5.91 Å². The maximum absolute atomic E-state index is 13.0. The molecule has 0 bridgehead atoms. The Morgan fingerprint density at radius 1 is 0.947 bits per heavy atom. The van der Waals surface area contributed by atoms with E-state index in [-0.39, 0.29) is 30.2 Å². The lowest BCUT2D eigenvalue weighted by molar-refractivity contribution is -0.135. The molecule has 8 heteroatoms. The van der Waals surface area contributed by atoms with E-state index in [1.165, 1.54) is 25.7 Å². The fraction of sp³-hybridized carbons (Fsp3) is 0.467. The normalized spacial score (nSPS) is 15.7. The van der Waals surface area contributed by atoms with E-state index in [4.69, 9.17) is 0 Å². The Hall–Kier alpha value is -3.00.